The number of hydrogen-bond acceptors (Lipinski definition) is 5. The Morgan fingerprint density at radius 3 is 2.59 bits per heavy atom. The van der Waals surface area contributed by atoms with Crippen molar-refractivity contribution in [3.05, 3.63) is 69.6 Å². The van der Waals surface area contributed by atoms with Gasteiger partial charge in [-0.2, -0.15) is 0 Å². The molecule has 168 valence electrons. The van der Waals surface area contributed by atoms with E-state index < -0.39 is 6.04 Å². The van der Waals surface area contributed by atoms with Crippen LogP contribution < -0.4 is 19.8 Å². The second kappa shape index (κ2) is 9.04. The van der Waals surface area contributed by atoms with Crippen LogP contribution in [-0.2, 0) is 0 Å². The van der Waals surface area contributed by atoms with Crippen molar-refractivity contribution in [1.29, 1.82) is 0 Å². The molecule has 1 aromatic heterocycles. The summed E-state index contributed by atoms with van der Waals surface area (Å²) in [5.74, 6) is 1.06. The molecule has 1 amide bonds. The number of fused-ring (bicyclic) bond motifs is 2. The molecule has 0 unspecified atom stereocenters. The predicted octanol–water partition coefficient (Wildman–Crippen LogP) is 2.28. The number of benzene rings is 2. The summed E-state index contributed by atoms with van der Waals surface area (Å²) >= 11 is 0. The lowest BCUT2D eigenvalue weighted by Gasteiger charge is -2.26. The van der Waals surface area contributed by atoms with Crippen LogP contribution in [0.4, 0.5) is 0 Å². The van der Waals surface area contributed by atoms with Gasteiger partial charge >= 0.3 is 0 Å². The summed E-state index contributed by atoms with van der Waals surface area (Å²) in [5, 5.41) is 0.474. The smallest absolute Gasteiger partial charge is 0.290 e. The normalized spacial score (nSPS) is 15.5. The second-order valence-corrected chi connectivity index (χ2v) is 8.23. The van der Waals surface area contributed by atoms with Gasteiger partial charge in [0.2, 0.25) is 5.76 Å². The molecule has 1 N–H and O–H groups in total. The summed E-state index contributed by atoms with van der Waals surface area (Å²) in [6.45, 7) is 3.84. The third-order valence-corrected chi connectivity index (χ3v) is 5.75. The van der Waals surface area contributed by atoms with Crippen molar-refractivity contribution in [1.82, 2.24) is 4.90 Å². The highest BCUT2D eigenvalue weighted by Crippen LogP contribution is 2.40. The summed E-state index contributed by atoms with van der Waals surface area (Å²) in [7, 11) is 5.73. The molecule has 0 fully saturated rings. The third kappa shape index (κ3) is 3.84. The van der Waals surface area contributed by atoms with Crippen LogP contribution in [0.25, 0.3) is 11.0 Å². The van der Waals surface area contributed by atoms with Crippen LogP contribution in [-0.4, -0.2) is 51.7 Å². The molecule has 0 saturated carbocycles. The first kappa shape index (κ1) is 21.9. The number of hydrogen-bond donors (Lipinski definition) is 1. The van der Waals surface area contributed by atoms with Crippen LogP contribution in [0.15, 0.2) is 51.7 Å². The van der Waals surface area contributed by atoms with E-state index in [-0.39, 0.29) is 17.1 Å². The number of nitrogens with zero attached hydrogens (tertiary/aromatic N) is 1. The molecule has 3 aromatic rings. The number of para-hydroxylation sites is 1. The Kier molecular flexibility index (Phi) is 6.19. The number of amides is 1. The van der Waals surface area contributed by atoms with E-state index >= 15 is 0 Å². The van der Waals surface area contributed by atoms with Gasteiger partial charge in [0.05, 0.1) is 51.3 Å². The number of nitrogens with one attached hydrogen (secondary N) is 1. The highest BCUT2D eigenvalue weighted by molar-refractivity contribution is 5.99. The zero-order valence-corrected chi connectivity index (χ0v) is 18.9. The average Bonchev–Trinajstić information content (AvgIpc) is 3.06. The van der Waals surface area contributed by atoms with Gasteiger partial charge in [0.15, 0.2) is 16.9 Å². The Morgan fingerprint density at radius 1 is 1.09 bits per heavy atom. The lowest BCUT2D eigenvalue weighted by Crippen LogP contribution is -3.05. The van der Waals surface area contributed by atoms with Crippen LogP contribution in [0, 0.1) is 0 Å². The first-order valence-corrected chi connectivity index (χ1v) is 10.9. The maximum atomic E-state index is 13.5. The minimum atomic E-state index is -0.542. The molecule has 1 atom stereocenters. The van der Waals surface area contributed by atoms with Crippen molar-refractivity contribution in [2.45, 2.75) is 19.4 Å². The second-order valence-electron chi connectivity index (χ2n) is 8.23. The van der Waals surface area contributed by atoms with Gasteiger partial charge < -0.3 is 23.7 Å². The molecule has 2 heterocycles. The standard InChI is InChI=1S/C25H28N2O5/c1-5-31-19-12-11-16(15-20(19)30-4)22-21-23(28)17-9-6-7-10-18(17)32-24(21)25(29)27(22)14-8-13-26(2)3/h6-7,9-12,15,22H,5,8,13-14H2,1-4H3/p+1/t22-/m0/s1. The largest absolute Gasteiger partial charge is 0.493 e. The van der Waals surface area contributed by atoms with E-state index in [1.165, 1.54) is 4.90 Å². The topological polar surface area (TPSA) is 73.4 Å². The highest BCUT2D eigenvalue weighted by Gasteiger charge is 2.42. The lowest BCUT2D eigenvalue weighted by atomic mass is 9.98. The highest BCUT2D eigenvalue weighted by atomic mass is 16.5. The zero-order chi connectivity index (χ0) is 22.8. The number of ether oxygens (including phenoxy) is 2. The number of carbonyl (C=O) groups is 1. The van der Waals surface area contributed by atoms with Gasteiger partial charge in [-0.3, -0.25) is 9.59 Å². The number of carbonyl (C=O) groups excluding carboxylic acids is 1. The van der Waals surface area contributed by atoms with E-state index in [2.05, 4.69) is 14.1 Å². The fraction of sp³-hybridized carbons (Fsp3) is 0.360. The van der Waals surface area contributed by atoms with Crippen molar-refractivity contribution in [2.24, 2.45) is 0 Å². The Bertz CT molecular complexity index is 1200. The minimum absolute atomic E-state index is 0.128. The summed E-state index contributed by atoms with van der Waals surface area (Å²) < 4.78 is 17.1. The van der Waals surface area contributed by atoms with Crippen LogP contribution in [0.3, 0.4) is 0 Å². The van der Waals surface area contributed by atoms with E-state index in [0.717, 1.165) is 18.5 Å². The SMILES string of the molecule is CCOc1ccc([C@H]2c3c(oc4ccccc4c3=O)C(=O)N2CCC[NH+](C)C)cc1OC. The fourth-order valence-corrected chi connectivity index (χ4v) is 4.28. The average molecular weight is 438 g/mol. The van der Waals surface area contributed by atoms with Crippen LogP contribution in [0.2, 0.25) is 0 Å². The van der Waals surface area contributed by atoms with Crippen molar-refractivity contribution in [2.75, 3.05) is 40.9 Å². The first-order valence-electron chi connectivity index (χ1n) is 10.9. The van der Waals surface area contributed by atoms with E-state index in [1.54, 1.807) is 36.3 Å². The van der Waals surface area contributed by atoms with E-state index in [4.69, 9.17) is 13.9 Å². The molecule has 2 aromatic carbocycles. The van der Waals surface area contributed by atoms with Crippen molar-refractivity contribution < 1.29 is 23.6 Å². The Morgan fingerprint density at radius 2 is 1.88 bits per heavy atom. The van der Waals surface area contributed by atoms with E-state index in [0.29, 0.717) is 41.2 Å². The summed E-state index contributed by atoms with van der Waals surface area (Å²) in [5.41, 5.74) is 1.43. The van der Waals surface area contributed by atoms with Gasteiger partial charge in [0, 0.05) is 13.0 Å². The van der Waals surface area contributed by atoms with Gasteiger partial charge in [0.1, 0.15) is 5.58 Å². The molecule has 1 aliphatic heterocycles. The fourth-order valence-electron chi connectivity index (χ4n) is 4.28. The lowest BCUT2D eigenvalue weighted by molar-refractivity contribution is -0.858. The summed E-state index contributed by atoms with van der Waals surface area (Å²) in [6.07, 6.45) is 0.806. The molecule has 1 aliphatic rings. The molecular weight excluding hydrogens is 408 g/mol. The van der Waals surface area contributed by atoms with E-state index in [9.17, 15) is 9.59 Å². The molecule has 32 heavy (non-hydrogen) atoms. The monoisotopic (exact) mass is 437 g/mol. The Labute approximate surface area is 187 Å². The Balaban J connectivity index is 1.86. The van der Waals surface area contributed by atoms with Crippen LogP contribution >= 0.6 is 0 Å². The molecule has 0 aliphatic carbocycles. The molecule has 0 spiro atoms. The van der Waals surface area contributed by atoms with Gasteiger partial charge in [-0.05, 0) is 36.8 Å². The molecule has 0 bridgehead atoms. The molecular formula is C25H29N2O5+. The predicted molar refractivity (Wildman–Crippen MR) is 122 cm³/mol. The maximum absolute atomic E-state index is 13.5. The van der Waals surface area contributed by atoms with Gasteiger partial charge in [-0.25, -0.2) is 0 Å². The first-order chi connectivity index (χ1) is 15.5. The number of methoxy groups -OCH3 is 1. The maximum Gasteiger partial charge on any atom is 0.290 e. The minimum Gasteiger partial charge on any atom is -0.493 e. The molecule has 7 heteroatoms. The molecule has 7 nitrogen and oxygen atoms in total. The quantitative estimate of drug-likeness (QED) is 0.585. The van der Waals surface area contributed by atoms with E-state index in [1.807, 2.05) is 25.1 Å². The summed E-state index contributed by atoms with van der Waals surface area (Å²) in [6, 6.07) is 12.1. The van der Waals surface area contributed by atoms with Crippen LogP contribution in [0.1, 0.15) is 41.1 Å². The van der Waals surface area contributed by atoms with Crippen molar-refractivity contribution in [3.63, 3.8) is 0 Å². The molecule has 4 rings (SSSR count). The zero-order valence-electron chi connectivity index (χ0n) is 18.9. The number of rotatable bonds is 8. The van der Waals surface area contributed by atoms with Crippen LogP contribution in [0.5, 0.6) is 11.5 Å². The van der Waals surface area contributed by atoms with Gasteiger partial charge in [0.25, 0.3) is 5.91 Å². The van der Waals surface area contributed by atoms with Crippen molar-refractivity contribution in [3.8, 4) is 11.5 Å². The molecule has 0 saturated heterocycles. The number of quaternary nitrogens is 1. The van der Waals surface area contributed by atoms with Gasteiger partial charge in [-0.15, -0.1) is 0 Å². The van der Waals surface area contributed by atoms with Gasteiger partial charge in [-0.1, -0.05) is 18.2 Å². The molecule has 0 radical (unpaired) electrons. The van der Waals surface area contributed by atoms with Crippen molar-refractivity contribution >= 4 is 16.9 Å². The third-order valence-electron chi connectivity index (χ3n) is 5.75. The summed E-state index contributed by atoms with van der Waals surface area (Å²) in [4.78, 5) is 30.0. The Hall–Kier alpha value is -3.32.